The molecule has 0 atom stereocenters. The van der Waals surface area contributed by atoms with Gasteiger partial charge < -0.3 is 10.1 Å². The number of nitrogens with one attached hydrogen (secondary N) is 2. The molecule has 2 N–H and O–H groups in total. The molecular weight excluding hydrogens is 448 g/mol. The second-order valence-electron chi connectivity index (χ2n) is 7.63. The second kappa shape index (κ2) is 9.63. The van der Waals surface area contributed by atoms with Crippen LogP contribution in [-0.4, -0.2) is 20.9 Å². The maximum atomic E-state index is 12.8. The van der Waals surface area contributed by atoms with Crippen molar-refractivity contribution in [2.45, 2.75) is 32.6 Å². The summed E-state index contributed by atoms with van der Waals surface area (Å²) in [4.78, 5) is 12.4. The van der Waals surface area contributed by atoms with Crippen LogP contribution in [0, 0.1) is 27.7 Å². The molecule has 0 spiro atoms. The number of amides is 1. The number of hydrogen-bond acceptors (Lipinski definition) is 4. The van der Waals surface area contributed by atoms with E-state index in [-0.39, 0.29) is 17.4 Å². The van der Waals surface area contributed by atoms with Crippen LogP contribution in [0.3, 0.4) is 0 Å². The summed E-state index contributed by atoms with van der Waals surface area (Å²) < 4.78 is 33.7. The van der Waals surface area contributed by atoms with Gasteiger partial charge in [0.15, 0.2) is 6.61 Å². The lowest BCUT2D eigenvalue weighted by atomic mass is 10.1. The summed E-state index contributed by atoms with van der Waals surface area (Å²) in [5, 5.41) is 3.28. The van der Waals surface area contributed by atoms with Gasteiger partial charge in [-0.15, -0.1) is 0 Å². The van der Waals surface area contributed by atoms with E-state index in [0.717, 1.165) is 16.7 Å². The molecule has 0 aliphatic rings. The number of carbonyl (C=O) groups excluding carboxylic acids is 1. The number of rotatable bonds is 7. The van der Waals surface area contributed by atoms with Gasteiger partial charge in [0.25, 0.3) is 15.9 Å². The van der Waals surface area contributed by atoms with Crippen LogP contribution in [0.25, 0.3) is 0 Å². The number of anilines is 2. The highest BCUT2D eigenvalue weighted by atomic mass is 35.5. The molecule has 3 aromatic carbocycles. The van der Waals surface area contributed by atoms with Crippen LogP contribution in [0.4, 0.5) is 11.4 Å². The van der Waals surface area contributed by atoms with E-state index in [0.29, 0.717) is 27.7 Å². The highest BCUT2D eigenvalue weighted by Gasteiger charge is 2.17. The van der Waals surface area contributed by atoms with Crippen molar-refractivity contribution in [2.24, 2.45) is 0 Å². The van der Waals surface area contributed by atoms with Crippen molar-refractivity contribution < 1.29 is 17.9 Å². The molecule has 3 rings (SSSR count). The molecular formula is C24H25ClN2O4S. The van der Waals surface area contributed by atoms with Gasteiger partial charge in [0.2, 0.25) is 0 Å². The summed E-state index contributed by atoms with van der Waals surface area (Å²) in [5.74, 6) is 0.0796. The Labute approximate surface area is 193 Å². The Hall–Kier alpha value is -3.03. The third-order valence-corrected chi connectivity index (χ3v) is 6.66. The van der Waals surface area contributed by atoms with Gasteiger partial charge in [-0.3, -0.25) is 9.52 Å². The van der Waals surface area contributed by atoms with Gasteiger partial charge in [0.05, 0.1) is 4.90 Å². The molecule has 0 unspecified atom stereocenters. The zero-order valence-electron chi connectivity index (χ0n) is 18.3. The number of sulfonamides is 1. The van der Waals surface area contributed by atoms with Gasteiger partial charge >= 0.3 is 0 Å². The Balaban J connectivity index is 1.67. The Bertz CT molecular complexity index is 1270. The van der Waals surface area contributed by atoms with E-state index in [1.807, 2.05) is 32.9 Å². The van der Waals surface area contributed by atoms with E-state index in [1.165, 1.54) is 12.1 Å². The van der Waals surface area contributed by atoms with E-state index < -0.39 is 10.0 Å². The molecule has 0 bridgehead atoms. The molecule has 0 fully saturated rings. The van der Waals surface area contributed by atoms with Gasteiger partial charge in [0, 0.05) is 16.4 Å². The van der Waals surface area contributed by atoms with Crippen LogP contribution in [0.1, 0.15) is 22.3 Å². The lowest BCUT2D eigenvalue weighted by Crippen LogP contribution is -2.21. The number of hydrogen-bond donors (Lipinski definition) is 2. The average Bonchev–Trinajstić information content (AvgIpc) is 2.72. The van der Waals surface area contributed by atoms with Crippen molar-refractivity contribution in [3.63, 3.8) is 0 Å². The summed E-state index contributed by atoms with van der Waals surface area (Å²) >= 11 is 5.97. The van der Waals surface area contributed by atoms with Gasteiger partial charge in [-0.1, -0.05) is 23.7 Å². The number of halogens is 1. The Kier molecular flexibility index (Phi) is 7.11. The fraction of sp³-hybridized carbons (Fsp3) is 0.208. The monoisotopic (exact) mass is 472 g/mol. The number of carbonyl (C=O) groups is 1. The minimum atomic E-state index is -3.76. The van der Waals surface area contributed by atoms with E-state index in [4.69, 9.17) is 16.3 Å². The molecule has 3 aromatic rings. The summed E-state index contributed by atoms with van der Waals surface area (Å²) in [6, 6.07) is 15.1. The number of benzene rings is 3. The Morgan fingerprint density at radius 1 is 0.875 bits per heavy atom. The molecule has 8 heteroatoms. The quantitative estimate of drug-likeness (QED) is 0.482. The third kappa shape index (κ3) is 5.81. The fourth-order valence-corrected chi connectivity index (χ4v) is 4.33. The van der Waals surface area contributed by atoms with Crippen molar-refractivity contribution in [1.29, 1.82) is 0 Å². The summed E-state index contributed by atoms with van der Waals surface area (Å²) in [6.45, 7) is 7.25. The van der Waals surface area contributed by atoms with Crippen molar-refractivity contribution >= 4 is 38.9 Å². The average molecular weight is 473 g/mol. The lowest BCUT2D eigenvalue weighted by Gasteiger charge is -2.13. The van der Waals surface area contributed by atoms with Crippen molar-refractivity contribution in [1.82, 2.24) is 0 Å². The summed E-state index contributed by atoms with van der Waals surface area (Å²) in [6.07, 6.45) is 0. The van der Waals surface area contributed by atoms with Crippen molar-refractivity contribution in [3.8, 4) is 5.75 Å². The highest BCUT2D eigenvalue weighted by Crippen LogP contribution is 2.25. The first-order valence-electron chi connectivity index (χ1n) is 9.95. The summed E-state index contributed by atoms with van der Waals surface area (Å²) in [5.41, 5.74) is 4.67. The third-order valence-electron chi connectivity index (χ3n) is 5.05. The Morgan fingerprint density at radius 2 is 1.59 bits per heavy atom. The first-order chi connectivity index (χ1) is 15.0. The number of ether oxygens (including phenoxy) is 1. The standard InChI is InChI=1S/C24H25ClN2O4S/c1-15-6-8-20(11-17(15)3)27-32(29,30)21-9-10-23(18(4)12-21)31-14-24(28)26-22-13-19(25)7-5-16(22)2/h5-13,27H,14H2,1-4H3,(H,26,28). The van der Waals surface area contributed by atoms with E-state index in [9.17, 15) is 13.2 Å². The zero-order chi connectivity index (χ0) is 23.5. The molecule has 0 heterocycles. The van der Waals surface area contributed by atoms with E-state index in [1.54, 1.807) is 37.3 Å². The molecule has 32 heavy (non-hydrogen) atoms. The molecule has 6 nitrogen and oxygen atoms in total. The van der Waals surface area contributed by atoms with E-state index in [2.05, 4.69) is 10.0 Å². The normalized spacial score (nSPS) is 11.2. The predicted octanol–water partition coefficient (Wildman–Crippen LogP) is 5.39. The molecule has 0 radical (unpaired) electrons. The van der Waals surface area contributed by atoms with Crippen LogP contribution in [0.2, 0.25) is 5.02 Å². The second-order valence-corrected chi connectivity index (χ2v) is 9.75. The van der Waals surface area contributed by atoms with Gasteiger partial charge in [-0.25, -0.2) is 8.42 Å². The predicted molar refractivity (Wildman–Crippen MR) is 128 cm³/mol. The molecule has 0 saturated carbocycles. The van der Waals surface area contributed by atoms with Crippen molar-refractivity contribution in [2.75, 3.05) is 16.6 Å². The van der Waals surface area contributed by atoms with Crippen LogP contribution < -0.4 is 14.8 Å². The van der Waals surface area contributed by atoms with Gasteiger partial charge in [-0.05, 0) is 92.4 Å². The maximum absolute atomic E-state index is 12.8. The van der Waals surface area contributed by atoms with Crippen LogP contribution >= 0.6 is 11.6 Å². The van der Waals surface area contributed by atoms with Crippen LogP contribution in [-0.2, 0) is 14.8 Å². The smallest absolute Gasteiger partial charge is 0.262 e. The minimum Gasteiger partial charge on any atom is -0.483 e. The van der Waals surface area contributed by atoms with Gasteiger partial charge in [0.1, 0.15) is 5.75 Å². The Morgan fingerprint density at radius 3 is 2.28 bits per heavy atom. The molecule has 0 aliphatic heterocycles. The maximum Gasteiger partial charge on any atom is 0.262 e. The minimum absolute atomic E-state index is 0.111. The van der Waals surface area contributed by atoms with Gasteiger partial charge in [-0.2, -0.15) is 0 Å². The van der Waals surface area contributed by atoms with E-state index >= 15 is 0 Å². The largest absolute Gasteiger partial charge is 0.483 e. The lowest BCUT2D eigenvalue weighted by molar-refractivity contribution is -0.118. The fourth-order valence-electron chi connectivity index (χ4n) is 3.03. The first-order valence-corrected chi connectivity index (χ1v) is 11.8. The highest BCUT2D eigenvalue weighted by molar-refractivity contribution is 7.92. The van der Waals surface area contributed by atoms with Crippen molar-refractivity contribution in [3.05, 3.63) is 81.9 Å². The zero-order valence-corrected chi connectivity index (χ0v) is 19.9. The molecule has 0 aromatic heterocycles. The molecule has 1 amide bonds. The molecule has 168 valence electrons. The van der Waals surface area contributed by atoms with Crippen LogP contribution in [0.15, 0.2) is 59.5 Å². The number of aryl methyl sites for hydroxylation is 4. The SMILES string of the molecule is Cc1ccc(NS(=O)(=O)c2ccc(OCC(=O)Nc3cc(Cl)ccc3C)c(C)c2)cc1C. The topological polar surface area (TPSA) is 84.5 Å². The van der Waals surface area contributed by atoms with Crippen LogP contribution in [0.5, 0.6) is 5.75 Å². The molecule has 0 aliphatic carbocycles. The summed E-state index contributed by atoms with van der Waals surface area (Å²) in [7, 11) is -3.76. The molecule has 0 saturated heterocycles. The first kappa shape index (κ1) is 23.6.